The number of benzene rings is 1. The van der Waals surface area contributed by atoms with Crippen LogP contribution in [0.5, 0.6) is 0 Å². The monoisotopic (exact) mass is 220 g/mol. The van der Waals surface area contributed by atoms with Crippen LogP contribution in [0.3, 0.4) is 0 Å². The summed E-state index contributed by atoms with van der Waals surface area (Å²) in [6, 6.07) is 9.78. The minimum absolute atomic E-state index is 0.249. The Hall–Kier alpha value is -1.39. The molecule has 0 unspecified atom stereocenters. The number of likely N-dealkylation sites (tertiary alicyclic amines) is 1. The van der Waals surface area contributed by atoms with Crippen molar-refractivity contribution in [2.24, 2.45) is 11.7 Å². The van der Waals surface area contributed by atoms with Crippen molar-refractivity contribution in [1.29, 1.82) is 0 Å². The van der Waals surface area contributed by atoms with Gasteiger partial charge in [0.15, 0.2) is 0 Å². The van der Waals surface area contributed by atoms with Gasteiger partial charge in [-0.25, -0.2) is 0 Å². The number of rotatable bonds is 3. The van der Waals surface area contributed by atoms with Crippen LogP contribution in [-0.4, -0.2) is 35.1 Å². The van der Waals surface area contributed by atoms with Crippen molar-refractivity contribution in [3.05, 3.63) is 35.9 Å². The molecule has 0 aliphatic carbocycles. The molecule has 1 fully saturated rings. The van der Waals surface area contributed by atoms with Crippen molar-refractivity contribution in [2.45, 2.75) is 12.6 Å². The fourth-order valence-corrected chi connectivity index (χ4v) is 2.15. The van der Waals surface area contributed by atoms with Gasteiger partial charge < -0.3 is 10.8 Å². The Morgan fingerprint density at radius 2 is 2.06 bits per heavy atom. The normalized spacial score (nSPS) is 25.8. The van der Waals surface area contributed by atoms with Crippen LogP contribution in [0.1, 0.15) is 5.56 Å². The maximum Gasteiger partial charge on any atom is 0.309 e. The Kier molecular flexibility index (Phi) is 3.22. The van der Waals surface area contributed by atoms with E-state index in [-0.39, 0.29) is 6.04 Å². The van der Waals surface area contributed by atoms with Crippen LogP contribution >= 0.6 is 0 Å². The van der Waals surface area contributed by atoms with E-state index in [1.807, 2.05) is 30.3 Å². The number of carboxylic acids is 1. The molecule has 0 saturated carbocycles. The Labute approximate surface area is 94.7 Å². The van der Waals surface area contributed by atoms with Crippen molar-refractivity contribution in [2.75, 3.05) is 13.1 Å². The van der Waals surface area contributed by atoms with E-state index in [1.165, 1.54) is 5.56 Å². The van der Waals surface area contributed by atoms with Crippen LogP contribution in [0.2, 0.25) is 0 Å². The van der Waals surface area contributed by atoms with E-state index >= 15 is 0 Å². The van der Waals surface area contributed by atoms with E-state index in [1.54, 1.807) is 0 Å². The van der Waals surface area contributed by atoms with Crippen LogP contribution < -0.4 is 5.73 Å². The minimum Gasteiger partial charge on any atom is -0.481 e. The molecule has 1 heterocycles. The highest BCUT2D eigenvalue weighted by atomic mass is 16.4. The molecule has 4 heteroatoms. The maximum atomic E-state index is 10.9. The summed E-state index contributed by atoms with van der Waals surface area (Å²) >= 11 is 0. The summed E-state index contributed by atoms with van der Waals surface area (Å²) in [5.41, 5.74) is 7.00. The molecular weight excluding hydrogens is 204 g/mol. The molecule has 2 atom stereocenters. The smallest absolute Gasteiger partial charge is 0.309 e. The largest absolute Gasteiger partial charge is 0.481 e. The van der Waals surface area contributed by atoms with Crippen molar-refractivity contribution >= 4 is 5.97 Å². The zero-order valence-corrected chi connectivity index (χ0v) is 9.04. The molecule has 1 aromatic carbocycles. The summed E-state index contributed by atoms with van der Waals surface area (Å²) in [4.78, 5) is 13.0. The lowest BCUT2D eigenvalue weighted by Crippen LogP contribution is -2.33. The van der Waals surface area contributed by atoms with E-state index in [0.29, 0.717) is 13.1 Å². The zero-order valence-electron chi connectivity index (χ0n) is 9.04. The van der Waals surface area contributed by atoms with Crippen LogP contribution in [0.25, 0.3) is 0 Å². The predicted octanol–water partition coefficient (Wildman–Crippen LogP) is 0.530. The van der Waals surface area contributed by atoms with Gasteiger partial charge in [0.2, 0.25) is 0 Å². The van der Waals surface area contributed by atoms with Crippen molar-refractivity contribution in [1.82, 2.24) is 4.90 Å². The average Bonchev–Trinajstić information content (AvgIpc) is 2.61. The first-order valence-electron chi connectivity index (χ1n) is 5.41. The number of carboxylic acid groups (broad SMARTS) is 1. The Morgan fingerprint density at radius 3 is 2.62 bits per heavy atom. The molecule has 1 saturated heterocycles. The average molecular weight is 220 g/mol. The fraction of sp³-hybridized carbons (Fsp3) is 0.417. The van der Waals surface area contributed by atoms with Gasteiger partial charge in [-0.05, 0) is 5.56 Å². The molecular formula is C12H16N2O2. The molecule has 1 aliphatic rings. The number of nitrogens with zero attached hydrogens (tertiary/aromatic N) is 1. The second-order valence-corrected chi connectivity index (χ2v) is 4.29. The maximum absolute atomic E-state index is 10.9. The topological polar surface area (TPSA) is 66.6 Å². The third-order valence-electron chi connectivity index (χ3n) is 3.01. The first kappa shape index (κ1) is 11.1. The van der Waals surface area contributed by atoms with Gasteiger partial charge in [0, 0.05) is 25.7 Å². The summed E-state index contributed by atoms with van der Waals surface area (Å²) < 4.78 is 0. The van der Waals surface area contributed by atoms with Crippen molar-refractivity contribution in [3.8, 4) is 0 Å². The highest BCUT2D eigenvalue weighted by Gasteiger charge is 2.34. The van der Waals surface area contributed by atoms with Crippen LogP contribution in [0.4, 0.5) is 0 Å². The Bertz CT molecular complexity index is 367. The molecule has 16 heavy (non-hydrogen) atoms. The Morgan fingerprint density at radius 1 is 1.38 bits per heavy atom. The molecule has 3 N–H and O–H groups in total. The van der Waals surface area contributed by atoms with Crippen molar-refractivity contribution < 1.29 is 9.90 Å². The lowest BCUT2D eigenvalue weighted by atomic mass is 10.1. The highest BCUT2D eigenvalue weighted by molar-refractivity contribution is 5.71. The fourth-order valence-electron chi connectivity index (χ4n) is 2.15. The lowest BCUT2D eigenvalue weighted by Gasteiger charge is -2.14. The number of carbonyl (C=O) groups is 1. The summed E-state index contributed by atoms with van der Waals surface area (Å²) in [5, 5.41) is 8.96. The summed E-state index contributed by atoms with van der Waals surface area (Å²) in [6.45, 7) is 1.98. The Balaban J connectivity index is 1.96. The van der Waals surface area contributed by atoms with Crippen LogP contribution in [0.15, 0.2) is 30.3 Å². The number of hydrogen-bond acceptors (Lipinski definition) is 3. The molecule has 86 valence electrons. The number of hydrogen-bond donors (Lipinski definition) is 2. The molecule has 0 bridgehead atoms. The molecule has 1 aromatic rings. The summed E-state index contributed by atoms with van der Waals surface area (Å²) in [6.07, 6.45) is 0. The van der Waals surface area contributed by atoms with Gasteiger partial charge in [0.05, 0.1) is 5.92 Å². The highest BCUT2D eigenvalue weighted by Crippen LogP contribution is 2.18. The molecule has 0 aromatic heterocycles. The van der Waals surface area contributed by atoms with Gasteiger partial charge in [-0.3, -0.25) is 9.69 Å². The predicted molar refractivity (Wildman–Crippen MR) is 60.8 cm³/mol. The van der Waals surface area contributed by atoms with E-state index in [2.05, 4.69) is 4.90 Å². The third kappa shape index (κ3) is 2.40. The number of nitrogens with two attached hydrogens (primary N) is 1. The second-order valence-electron chi connectivity index (χ2n) is 4.29. The SMILES string of the molecule is N[C@@H]1CN(Cc2ccccc2)C[C@@H]1C(=O)O. The molecule has 2 rings (SSSR count). The third-order valence-corrected chi connectivity index (χ3v) is 3.01. The zero-order chi connectivity index (χ0) is 11.5. The molecule has 1 aliphatic heterocycles. The van der Waals surface area contributed by atoms with E-state index in [0.717, 1.165) is 6.54 Å². The first-order valence-corrected chi connectivity index (χ1v) is 5.41. The quantitative estimate of drug-likeness (QED) is 0.779. The van der Waals surface area contributed by atoms with Gasteiger partial charge in [-0.15, -0.1) is 0 Å². The van der Waals surface area contributed by atoms with Gasteiger partial charge in [-0.1, -0.05) is 30.3 Å². The minimum atomic E-state index is -0.789. The summed E-state index contributed by atoms with van der Waals surface area (Å²) in [7, 11) is 0. The molecule has 4 nitrogen and oxygen atoms in total. The lowest BCUT2D eigenvalue weighted by molar-refractivity contribution is -0.141. The second kappa shape index (κ2) is 4.63. The van der Waals surface area contributed by atoms with Gasteiger partial charge >= 0.3 is 5.97 Å². The van der Waals surface area contributed by atoms with Gasteiger partial charge in [0.25, 0.3) is 0 Å². The van der Waals surface area contributed by atoms with E-state index < -0.39 is 11.9 Å². The standard InChI is InChI=1S/C12H16N2O2/c13-11-8-14(7-10(11)12(15)16)6-9-4-2-1-3-5-9/h1-5,10-11H,6-8,13H2,(H,15,16)/t10-,11+/m0/s1. The van der Waals surface area contributed by atoms with Crippen LogP contribution in [0, 0.1) is 5.92 Å². The van der Waals surface area contributed by atoms with E-state index in [4.69, 9.17) is 10.8 Å². The van der Waals surface area contributed by atoms with E-state index in [9.17, 15) is 4.79 Å². The van der Waals surface area contributed by atoms with Crippen LogP contribution in [-0.2, 0) is 11.3 Å². The number of aliphatic carboxylic acids is 1. The van der Waals surface area contributed by atoms with Gasteiger partial charge in [-0.2, -0.15) is 0 Å². The molecule has 0 amide bonds. The van der Waals surface area contributed by atoms with Gasteiger partial charge in [0.1, 0.15) is 0 Å². The molecule has 0 radical (unpaired) electrons. The summed E-state index contributed by atoms with van der Waals surface area (Å²) in [5.74, 6) is -1.22. The van der Waals surface area contributed by atoms with Crippen molar-refractivity contribution in [3.63, 3.8) is 0 Å². The molecule has 0 spiro atoms. The first-order chi connectivity index (χ1) is 7.66.